The number of nitrogens with zero attached hydrogens (tertiary/aromatic N) is 6. The van der Waals surface area contributed by atoms with Crippen LogP contribution in [0.3, 0.4) is 0 Å². The zero-order chi connectivity index (χ0) is 34.3. The van der Waals surface area contributed by atoms with Crippen LogP contribution in [0.5, 0.6) is 11.5 Å². The van der Waals surface area contributed by atoms with Crippen molar-refractivity contribution < 1.29 is 25.8 Å². The number of pyridine rings is 1. The van der Waals surface area contributed by atoms with E-state index < -0.39 is 0 Å². The maximum absolute atomic E-state index is 6.40. The van der Waals surface area contributed by atoms with Crippen molar-refractivity contribution in [1.29, 1.82) is 0 Å². The van der Waals surface area contributed by atoms with Crippen molar-refractivity contribution in [1.82, 2.24) is 29.1 Å². The first-order valence-corrected chi connectivity index (χ1v) is 16.8. The molecule has 0 radical (unpaired) electrons. The first-order valence-electron chi connectivity index (χ1n) is 16.8. The summed E-state index contributed by atoms with van der Waals surface area (Å²) in [5.41, 5.74) is 13.1. The number of para-hydroxylation sites is 1. The van der Waals surface area contributed by atoms with Gasteiger partial charge in [0.15, 0.2) is 0 Å². The van der Waals surface area contributed by atoms with Gasteiger partial charge in [-0.1, -0.05) is 53.2 Å². The van der Waals surface area contributed by atoms with Crippen LogP contribution in [0.4, 0.5) is 0 Å². The fourth-order valence-corrected chi connectivity index (χ4v) is 7.19. The van der Waals surface area contributed by atoms with Gasteiger partial charge in [-0.25, -0.2) is 9.67 Å². The zero-order valence-electron chi connectivity index (χ0n) is 29.1. The molecule has 0 saturated heterocycles. The van der Waals surface area contributed by atoms with Crippen molar-refractivity contribution in [2.75, 3.05) is 0 Å². The van der Waals surface area contributed by atoms with Crippen LogP contribution >= 0.6 is 0 Å². The number of ether oxygens (including phenoxy) is 1. The van der Waals surface area contributed by atoms with E-state index in [0.29, 0.717) is 11.5 Å². The third kappa shape index (κ3) is 5.10. The molecule has 9 rings (SSSR count). The van der Waals surface area contributed by atoms with Crippen LogP contribution in [-0.2, 0) is 21.1 Å². The zero-order valence-corrected chi connectivity index (χ0v) is 31.4. The Morgan fingerprint density at radius 1 is 0.627 bits per heavy atom. The molecule has 0 aliphatic rings. The van der Waals surface area contributed by atoms with Crippen LogP contribution in [0.1, 0.15) is 33.6 Å². The molecule has 9 aromatic rings. The summed E-state index contributed by atoms with van der Waals surface area (Å²) in [6.45, 7) is 12.8. The van der Waals surface area contributed by atoms with E-state index in [1.54, 1.807) is 4.68 Å². The molecule has 0 unspecified atom stereocenters. The third-order valence-corrected chi connectivity index (χ3v) is 10.2. The van der Waals surface area contributed by atoms with Gasteiger partial charge < -0.3 is 13.9 Å². The van der Waals surface area contributed by atoms with Gasteiger partial charge in [-0.2, -0.15) is 12.1 Å². The minimum Gasteiger partial charge on any atom is -0.509 e. The molecule has 8 heteroatoms. The van der Waals surface area contributed by atoms with Gasteiger partial charge in [0.1, 0.15) is 5.82 Å². The maximum Gasteiger partial charge on any atom is 2.00 e. The number of aromatic nitrogens is 6. The number of hydrogen-bond acceptors (Lipinski definition) is 4. The Morgan fingerprint density at radius 3 is 2.02 bits per heavy atom. The van der Waals surface area contributed by atoms with Crippen LogP contribution in [0.15, 0.2) is 97.2 Å². The van der Waals surface area contributed by atoms with Crippen molar-refractivity contribution >= 4 is 43.6 Å². The average Bonchev–Trinajstić information content (AvgIpc) is 3.77. The van der Waals surface area contributed by atoms with Crippen molar-refractivity contribution in [2.24, 2.45) is 0 Å². The monoisotopic (exact) mass is 845 g/mol. The molecule has 0 fully saturated rings. The molecule has 7 nitrogen and oxygen atoms in total. The summed E-state index contributed by atoms with van der Waals surface area (Å²) in [6.07, 6.45) is 1.91. The maximum atomic E-state index is 6.40. The van der Waals surface area contributed by atoms with Crippen molar-refractivity contribution in [3.8, 4) is 28.7 Å². The van der Waals surface area contributed by atoms with Gasteiger partial charge in [0.2, 0.25) is 0 Å². The Hall–Kier alpha value is -5.52. The van der Waals surface area contributed by atoms with Gasteiger partial charge in [0.05, 0.1) is 28.1 Å². The first kappa shape index (κ1) is 32.7. The molecule has 0 atom stereocenters. The number of rotatable bonds is 5. The molecule has 4 aromatic heterocycles. The van der Waals surface area contributed by atoms with E-state index in [1.807, 2.05) is 44.3 Å². The Labute approximate surface area is 310 Å². The van der Waals surface area contributed by atoms with Gasteiger partial charge in [-0.3, -0.25) is 0 Å². The van der Waals surface area contributed by atoms with E-state index in [1.165, 1.54) is 44.1 Å². The SMILES string of the molecule is Cc1ccc2c3ccc(C)c(C)c3n(-c3ccnc(-n4c5[c-]c(Oc6[c-]c(-n7nnc(C)c7C)ccc6)ccc5c5ccccc54)c3)c2c1C.[Pt+2]. The molecule has 0 aliphatic heterocycles. The van der Waals surface area contributed by atoms with E-state index in [2.05, 4.69) is 126 Å². The normalized spacial score (nSPS) is 11.6. The molecule has 0 aliphatic carbocycles. The standard InChI is InChI=1S/C43H34N6O.Pt/c1-25-14-17-37-38-18-15-26(2)28(4)43(38)47(42(37)27(25)3)31-20-21-44-41(23-31)48-39-13-8-7-12-35(39)36-19-16-34(24-40(36)48)50-33-11-9-10-32(22-33)49-30(6)29(5)45-46-49;/h7-21,23H,1-6H3;/q-2;+2. The molecule has 0 saturated carbocycles. The second kappa shape index (κ2) is 12.4. The second-order valence-electron chi connectivity index (χ2n) is 13.1. The van der Waals surface area contributed by atoms with E-state index in [-0.39, 0.29) is 21.1 Å². The van der Waals surface area contributed by atoms with Crippen molar-refractivity contribution in [3.63, 3.8) is 0 Å². The quantitative estimate of drug-likeness (QED) is 0.162. The minimum absolute atomic E-state index is 0. The van der Waals surface area contributed by atoms with Gasteiger partial charge >= 0.3 is 21.1 Å². The van der Waals surface area contributed by atoms with E-state index in [0.717, 1.165) is 50.4 Å². The van der Waals surface area contributed by atoms with Crippen LogP contribution in [0, 0.1) is 53.7 Å². The fourth-order valence-electron chi connectivity index (χ4n) is 7.19. The van der Waals surface area contributed by atoms with Gasteiger partial charge in [-0.15, -0.1) is 40.8 Å². The van der Waals surface area contributed by atoms with Crippen LogP contribution < -0.4 is 4.74 Å². The Balaban J connectivity index is 0.00000374. The number of aryl methyl sites for hydroxylation is 5. The minimum atomic E-state index is 0. The molecule has 4 heterocycles. The summed E-state index contributed by atoms with van der Waals surface area (Å²) in [4.78, 5) is 4.97. The molecule has 0 N–H and O–H groups in total. The first-order chi connectivity index (χ1) is 24.3. The summed E-state index contributed by atoms with van der Waals surface area (Å²) in [5, 5.41) is 13.2. The third-order valence-electron chi connectivity index (χ3n) is 10.2. The van der Waals surface area contributed by atoms with Crippen molar-refractivity contribution in [2.45, 2.75) is 41.5 Å². The van der Waals surface area contributed by atoms with Gasteiger partial charge in [-0.05, 0) is 87.0 Å². The number of fused-ring (bicyclic) bond motifs is 6. The van der Waals surface area contributed by atoms with Crippen LogP contribution in [-0.4, -0.2) is 29.1 Å². The topological polar surface area (TPSA) is 62.7 Å². The Morgan fingerprint density at radius 2 is 1.31 bits per heavy atom. The van der Waals surface area contributed by atoms with Crippen LogP contribution in [0.2, 0.25) is 0 Å². The number of hydrogen-bond donors (Lipinski definition) is 0. The van der Waals surface area contributed by atoms with E-state index in [9.17, 15) is 0 Å². The molecule has 0 amide bonds. The summed E-state index contributed by atoms with van der Waals surface area (Å²) in [5.74, 6) is 1.95. The number of benzene rings is 5. The molecule has 0 spiro atoms. The largest absolute Gasteiger partial charge is 2.00 e. The van der Waals surface area contributed by atoms with E-state index in [4.69, 9.17) is 9.72 Å². The second-order valence-corrected chi connectivity index (χ2v) is 13.1. The molecule has 0 bridgehead atoms. The average molecular weight is 846 g/mol. The van der Waals surface area contributed by atoms with Crippen molar-refractivity contribution in [3.05, 3.63) is 143 Å². The molecular formula is C43H34N6OPt. The summed E-state index contributed by atoms with van der Waals surface area (Å²) in [6, 6.07) is 38.5. The van der Waals surface area contributed by atoms with Crippen LogP contribution in [0.25, 0.3) is 60.8 Å². The smallest absolute Gasteiger partial charge is 0.509 e. The molecular weight excluding hydrogens is 812 g/mol. The Bertz CT molecular complexity index is 2760. The Kier molecular flexibility index (Phi) is 7.92. The predicted octanol–water partition coefficient (Wildman–Crippen LogP) is 10.1. The van der Waals surface area contributed by atoms with Gasteiger partial charge in [0.25, 0.3) is 0 Å². The fraction of sp³-hybridized carbons (Fsp3) is 0.140. The predicted molar refractivity (Wildman–Crippen MR) is 200 cm³/mol. The molecule has 51 heavy (non-hydrogen) atoms. The van der Waals surface area contributed by atoms with E-state index >= 15 is 0 Å². The summed E-state index contributed by atoms with van der Waals surface area (Å²) in [7, 11) is 0. The summed E-state index contributed by atoms with van der Waals surface area (Å²) >= 11 is 0. The summed E-state index contributed by atoms with van der Waals surface area (Å²) < 4.78 is 12.8. The molecule has 5 aromatic carbocycles. The van der Waals surface area contributed by atoms with Gasteiger partial charge in [0, 0.05) is 40.1 Å². The molecule has 252 valence electrons.